The van der Waals surface area contributed by atoms with Gasteiger partial charge in [-0.15, -0.1) is 0 Å². The molecule has 1 aromatic rings. The van der Waals surface area contributed by atoms with Crippen LogP contribution in [0, 0.1) is 5.41 Å². The maximum absolute atomic E-state index is 12.4. The second-order valence-electron chi connectivity index (χ2n) is 5.58. The highest BCUT2D eigenvalue weighted by molar-refractivity contribution is 5.83. The van der Waals surface area contributed by atoms with E-state index in [2.05, 4.69) is 36.6 Å². The van der Waals surface area contributed by atoms with Crippen molar-refractivity contribution < 1.29 is 4.79 Å². The molecule has 3 nitrogen and oxygen atoms in total. The molecule has 1 fully saturated rings. The molecule has 0 spiro atoms. The van der Waals surface area contributed by atoms with Crippen LogP contribution < -0.4 is 10.6 Å². The van der Waals surface area contributed by atoms with E-state index >= 15 is 0 Å². The van der Waals surface area contributed by atoms with Crippen molar-refractivity contribution in [1.29, 1.82) is 0 Å². The number of nitrogens with one attached hydrogen (secondary N) is 2. The number of rotatable bonds is 5. The minimum atomic E-state index is -0.184. The van der Waals surface area contributed by atoms with Gasteiger partial charge in [-0.05, 0) is 30.9 Å². The van der Waals surface area contributed by atoms with Crippen molar-refractivity contribution in [2.24, 2.45) is 5.41 Å². The van der Waals surface area contributed by atoms with Crippen molar-refractivity contribution in [3.05, 3.63) is 35.9 Å². The summed E-state index contributed by atoms with van der Waals surface area (Å²) in [7, 11) is 0. The summed E-state index contributed by atoms with van der Waals surface area (Å²) in [6.07, 6.45) is 1.86. The third-order valence-corrected chi connectivity index (χ3v) is 4.34. The molecule has 1 aromatic carbocycles. The Morgan fingerprint density at radius 2 is 2.16 bits per heavy atom. The molecule has 0 aliphatic carbocycles. The van der Waals surface area contributed by atoms with E-state index in [0.29, 0.717) is 12.5 Å². The Kier molecular flexibility index (Phi) is 4.59. The summed E-state index contributed by atoms with van der Waals surface area (Å²) in [5.74, 6) is 0.566. The lowest BCUT2D eigenvalue weighted by atomic mass is 9.83. The molecule has 19 heavy (non-hydrogen) atoms. The highest BCUT2D eigenvalue weighted by Crippen LogP contribution is 2.29. The van der Waals surface area contributed by atoms with Crippen LogP contribution in [0.1, 0.15) is 38.2 Å². The lowest BCUT2D eigenvalue weighted by Gasteiger charge is -2.26. The van der Waals surface area contributed by atoms with Crippen molar-refractivity contribution in [2.45, 2.75) is 32.6 Å². The van der Waals surface area contributed by atoms with Crippen LogP contribution in [-0.2, 0) is 4.79 Å². The number of hydrogen-bond acceptors (Lipinski definition) is 2. The lowest BCUT2D eigenvalue weighted by Crippen LogP contribution is -2.43. The van der Waals surface area contributed by atoms with Gasteiger partial charge in [0.2, 0.25) is 5.91 Å². The van der Waals surface area contributed by atoms with Gasteiger partial charge < -0.3 is 10.6 Å². The third-order valence-electron chi connectivity index (χ3n) is 4.34. The number of hydrogen-bond donors (Lipinski definition) is 2. The van der Waals surface area contributed by atoms with Gasteiger partial charge in [0.05, 0.1) is 5.41 Å². The Bertz CT molecular complexity index is 410. The zero-order chi connectivity index (χ0) is 13.7. The fourth-order valence-corrected chi connectivity index (χ4v) is 2.73. The van der Waals surface area contributed by atoms with Crippen LogP contribution in [0.25, 0.3) is 0 Å². The molecule has 0 saturated carbocycles. The zero-order valence-electron chi connectivity index (χ0n) is 11.9. The highest BCUT2D eigenvalue weighted by atomic mass is 16.2. The van der Waals surface area contributed by atoms with E-state index in [1.807, 2.05) is 18.2 Å². The van der Waals surface area contributed by atoms with Crippen molar-refractivity contribution in [3.8, 4) is 0 Å². The van der Waals surface area contributed by atoms with Crippen LogP contribution in [0.2, 0.25) is 0 Å². The summed E-state index contributed by atoms with van der Waals surface area (Å²) in [5, 5.41) is 6.44. The summed E-state index contributed by atoms with van der Waals surface area (Å²) in [6, 6.07) is 10.3. The fraction of sp³-hybridized carbons (Fsp3) is 0.562. The normalized spacial score (nSPS) is 24.1. The maximum Gasteiger partial charge on any atom is 0.227 e. The first kappa shape index (κ1) is 14.1. The topological polar surface area (TPSA) is 41.1 Å². The van der Waals surface area contributed by atoms with E-state index in [0.717, 1.165) is 25.9 Å². The van der Waals surface area contributed by atoms with E-state index < -0.39 is 0 Å². The zero-order valence-corrected chi connectivity index (χ0v) is 11.9. The monoisotopic (exact) mass is 260 g/mol. The Morgan fingerprint density at radius 3 is 2.74 bits per heavy atom. The standard InChI is InChI=1S/C16H24N2O/c1-3-16(9-10-17-12-16)15(19)18-11-13(2)14-7-5-4-6-8-14/h4-8,13,17H,3,9-12H2,1-2H3,(H,18,19). The Balaban J connectivity index is 1.90. The Hall–Kier alpha value is -1.35. The van der Waals surface area contributed by atoms with Crippen LogP contribution >= 0.6 is 0 Å². The van der Waals surface area contributed by atoms with E-state index in [4.69, 9.17) is 0 Å². The van der Waals surface area contributed by atoms with Crippen LogP contribution in [0.5, 0.6) is 0 Å². The first-order valence-corrected chi connectivity index (χ1v) is 7.22. The second-order valence-corrected chi connectivity index (χ2v) is 5.58. The van der Waals surface area contributed by atoms with Crippen LogP contribution in [0.15, 0.2) is 30.3 Å². The predicted octanol–water partition coefficient (Wildman–Crippen LogP) is 2.30. The SMILES string of the molecule is CCC1(C(=O)NCC(C)c2ccccc2)CCNC1. The van der Waals surface area contributed by atoms with Gasteiger partial charge >= 0.3 is 0 Å². The molecular formula is C16H24N2O. The molecular weight excluding hydrogens is 236 g/mol. The molecule has 1 amide bonds. The molecule has 2 atom stereocenters. The van der Waals surface area contributed by atoms with E-state index in [-0.39, 0.29) is 11.3 Å². The van der Waals surface area contributed by atoms with Gasteiger partial charge in [0, 0.05) is 13.1 Å². The molecule has 2 unspecified atom stereocenters. The van der Waals surface area contributed by atoms with Gasteiger partial charge in [-0.3, -0.25) is 4.79 Å². The van der Waals surface area contributed by atoms with E-state index in [1.54, 1.807) is 0 Å². The summed E-state index contributed by atoms with van der Waals surface area (Å²) in [4.78, 5) is 12.4. The van der Waals surface area contributed by atoms with E-state index in [1.165, 1.54) is 5.56 Å². The molecule has 1 heterocycles. The van der Waals surface area contributed by atoms with Gasteiger partial charge in [-0.2, -0.15) is 0 Å². The number of amides is 1. The molecule has 1 aliphatic heterocycles. The third kappa shape index (κ3) is 3.16. The van der Waals surface area contributed by atoms with Gasteiger partial charge in [0.15, 0.2) is 0 Å². The fourth-order valence-electron chi connectivity index (χ4n) is 2.73. The molecule has 3 heteroatoms. The largest absolute Gasteiger partial charge is 0.355 e. The lowest BCUT2D eigenvalue weighted by molar-refractivity contribution is -0.130. The molecule has 0 aromatic heterocycles. The highest BCUT2D eigenvalue weighted by Gasteiger charge is 2.39. The Morgan fingerprint density at radius 1 is 1.42 bits per heavy atom. The van der Waals surface area contributed by atoms with Gasteiger partial charge in [-0.25, -0.2) is 0 Å². The van der Waals surface area contributed by atoms with Crippen molar-refractivity contribution in [2.75, 3.05) is 19.6 Å². The number of benzene rings is 1. The molecule has 104 valence electrons. The summed E-state index contributed by atoms with van der Waals surface area (Å²) in [6.45, 7) is 6.74. The van der Waals surface area contributed by atoms with Crippen LogP contribution in [0.3, 0.4) is 0 Å². The van der Waals surface area contributed by atoms with Crippen LogP contribution in [-0.4, -0.2) is 25.5 Å². The molecule has 0 bridgehead atoms. The van der Waals surface area contributed by atoms with Crippen molar-refractivity contribution in [1.82, 2.24) is 10.6 Å². The average molecular weight is 260 g/mol. The quantitative estimate of drug-likeness (QED) is 0.853. The Labute approximate surface area is 115 Å². The molecule has 2 N–H and O–H groups in total. The molecule has 2 rings (SSSR count). The van der Waals surface area contributed by atoms with Gasteiger partial charge in [0.25, 0.3) is 0 Å². The van der Waals surface area contributed by atoms with Gasteiger partial charge in [0.1, 0.15) is 0 Å². The number of carbonyl (C=O) groups excluding carboxylic acids is 1. The molecule has 1 aliphatic rings. The first-order chi connectivity index (χ1) is 9.18. The maximum atomic E-state index is 12.4. The minimum absolute atomic E-state index is 0.184. The first-order valence-electron chi connectivity index (χ1n) is 7.22. The second kappa shape index (κ2) is 6.20. The van der Waals surface area contributed by atoms with Crippen molar-refractivity contribution >= 4 is 5.91 Å². The average Bonchev–Trinajstić information content (AvgIpc) is 2.95. The summed E-state index contributed by atoms with van der Waals surface area (Å²) >= 11 is 0. The molecule has 1 saturated heterocycles. The smallest absolute Gasteiger partial charge is 0.227 e. The number of carbonyl (C=O) groups is 1. The molecule has 0 radical (unpaired) electrons. The van der Waals surface area contributed by atoms with Gasteiger partial charge in [-0.1, -0.05) is 44.2 Å². The minimum Gasteiger partial charge on any atom is -0.355 e. The van der Waals surface area contributed by atoms with Crippen molar-refractivity contribution in [3.63, 3.8) is 0 Å². The summed E-state index contributed by atoms with van der Waals surface area (Å²) in [5.41, 5.74) is 1.09. The predicted molar refractivity (Wildman–Crippen MR) is 78.1 cm³/mol. The van der Waals surface area contributed by atoms with Crippen LogP contribution in [0.4, 0.5) is 0 Å². The van der Waals surface area contributed by atoms with E-state index in [9.17, 15) is 4.79 Å². The summed E-state index contributed by atoms with van der Waals surface area (Å²) < 4.78 is 0.